The number of nitrogen functional groups attached to an aromatic ring is 1. The number of thioether (sulfide) groups is 1. The molecule has 0 saturated carbocycles. The summed E-state index contributed by atoms with van der Waals surface area (Å²) >= 11 is 1.16. The predicted molar refractivity (Wildman–Crippen MR) is 270 cm³/mol. The third-order valence-corrected chi connectivity index (χ3v) is 16.2. The highest BCUT2D eigenvalue weighted by Gasteiger charge is 2.50. The zero-order valence-corrected chi connectivity index (χ0v) is 45.6. The molecule has 8 unspecified atom stereocenters. The van der Waals surface area contributed by atoms with E-state index in [1.807, 2.05) is 0 Å². The maximum atomic E-state index is 12.8. The van der Waals surface area contributed by atoms with Gasteiger partial charge in [-0.25, -0.2) is 28.6 Å². The fourth-order valence-electron chi connectivity index (χ4n) is 7.96. The van der Waals surface area contributed by atoms with Crippen LogP contribution in [0.4, 0.5) is 5.82 Å². The van der Waals surface area contributed by atoms with Crippen molar-refractivity contribution in [3.05, 3.63) is 12.7 Å². The van der Waals surface area contributed by atoms with Gasteiger partial charge in [0.25, 0.3) is 0 Å². The molecule has 2 aromatic rings. The zero-order valence-electron chi connectivity index (χ0n) is 42.1. The average Bonchev–Trinajstić information content (AvgIpc) is 3.87. The molecule has 24 nitrogen and oxygen atoms in total. The van der Waals surface area contributed by atoms with Gasteiger partial charge in [0.05, 0.1) is 19.5 Å². The number of nitrogens with zero attached hydrogens (tertiary/aromatic N) is 4. The topological polar surface area (TPSA) is 364 Å². The molecule has 1 saturated heterocycles. The molecule has 0 aliphatic carbocycles. The first-order chi connectivity index (χ1) is 33.9. The van der Waals surface area contributed by atoms with Gasteiger partial charge >= 0.3 is 23.5 Å². The van der Waals surface area contributed by atoms with Gasteiger partial charge in [-0.2, -0.15) is 4.31 Å². The standard InChI is InChI=1S/C44H80N7O17P3S/c1-5-6-7-8-9-10-11-12-13-14-15-16-18-21-32(2)22-19-17-20-23-35(53)72-27-26-46-34(52)24-25-47-42(56)39(55)44(3,4)29-65-71(62,63)68-70(60,61)64-28-33-38(67-69(57,58)59)37(54)43(66-33)51-31-50-36-40(45)48-30-49-41(36)51/h30-33,37-39,43,54-55H,5-29H2,1-4H3,(H,46,52)(H,47,56)(H,60,61)(H,62,63)(H2,45,48,49)(H2,57,58,59). The van der Waals surface area contributed by atoms with Gasteiger partial charge in [-0.15, -0.1) is 0 Å². The van der Waals surface area contributed by atoms with Crippen molar-refractivity contribution in [2.24, 2.45) is 11.3 Å². The Morgan fingerprint density at radius 3 is 2.03 bits per heavy atom. The Bertz CT molecular complexity index is 2100. The van der Waals surface area contributed by atoms with E-state index in [4.69, 9.17) is 19.5 Å². The number of rotatable bonds is 39. The van der Waals surface area contributed by atoms with E-state index in [-0.39, 0.29) is 41.6 Å². The van der Waals surface area contributed by atoms with Crippen LogP contribution in [0.5, 0.6) is 0 Å². The van der Waals surface area contributed by atoms with Crippen molar-refractivity contribution in [3.8, 4) is 0 Å². The van der Waals surface area contributed by atoms with E-state index in [1.54, 1.807) is 0 Å². The number of nitrogens with two attached hydrogens (primary N) is 1. The average molecular weight is 1100 g/mol. The highest BCUT2D eigenvalue weighted by atomic mass is 32.2. The number of phosphoric ester groups is 3. The number of hydrogen-bond donors (Lipinski definition) is 9. The minimum absolute atomic E-state index is 0.0342. The number of aliphatic hydroxyl groups excluding tert-OH is 2. The van der Waals surface area contributed by atoms with Crippen LogP contribution in [0.3, 0.4) is 0 Å². The molecule has 28 heteroatoms. The van der Waals surface area contributed by atoms with Crippen LogP contribution in [0.15, 0.2) is 12.7 Å². The van der Waals surface area contributed by atoms with Crippen LogP contribution in [0, 0.1) is 11.3 Å². The van der Waals surface area contributed by atoms with Crippen LogP contribution >= 0.6 is 35.2 Å². The summed E-state index contributed by atoms with van der Waals surface area (Å²) in [5.41, 5.74) is 4.30. The number of ether oxygens (including phenoxy) is 1. The van der Waals surface area contributed by atoms with Crippen molar-refractivity contribution in [2.45, 2.75) is 187 Å². The summed E-state index contributed by atoms with van der Waals surface area (Å²) in [6.45, 7) is 5.16. The minimum Gasteiger partial charge on any atom is -0.386 e. The molecule has 2 amide bonds. The van der Waals surface area contributed by atoms with Crippen molar-refractivity contribution in [1.82, 2.24) is 30.2 Å². The third-order valence-electron chi connectivity index (χ3n) is 12.1. The van der Waals surface area contributed by atoms with E-state index in [1.165, 1.54) is 110 Å². The molecule has 414 valence electrons. The number of phosphoric acid groups is 3. The quantitative estimate of drug-likeness (QED) is 0.0247. The van der Waals surface area contributed by atoms with Crippen LogP contribution < -0.4 is 16.4 Å². The first-order valence-electron chi connectivity index (χ1n) is 25.0. The highest BCUT2D eigenvalue weighted by Crippen LogP contribution is 2.61. The summed E-state index contributed by atoms with van der Waals surface area (Å²) in [7, 11) is -16.4. The lowest BCUT2D eigenvalue weighted by Gasteiger charge is -2.30. The number of unbranched alkanes of at least 4 members (excludes halogenated alkanes) is 14. The molecule has 0 aromatic carbocycles. The SMILES string of the molecule is CCCCCCCCCCCCCCCC(C)CCCCCC(=O)SCCNC(=O)CCNC(=O)C(O)C(C)(C)COP(=O)(O)OP(=O)(O)OCC1OC(n2cnc3c(N)ncnc32)C(O)C1OP(=O)(O)O. The number of anilines is 1. The molecule has 0 bridgehead atoms. The lowest BCUT2D eigenvalue weighted by atomic mass is 9.87. The van der Waals surface area contributed by atoms with Crippen molar-refractivity contribution in [2.75, 3.05) is 37.8 Å². The first kappa shape index (κ1) is 63.8. The lowest BCUT2D eigenvalue weighted by molar-refractivity contribution is -0.137. The Morgan fingerprint density at radius 1 is 0.833 bits per heavy atom. The maximum Gasteiger partial charge on any atom is 0.481 e. The number of carbonyl (C=O) groups is 3. The summed E-state index contributed by atoms with van der Waals surface area (Å²) < 4.78 is 62.5. The molecule has 72 heavy (non-hydrogen) atoms. The molecule has 8 atom stereocenters. The van der Waals surface area contributed by atoms with E-state index < -0.39 is 84.6 Å². The van der Waals surface area contributed by atoms with Crippen molar-refractivity contribution >= 4 is 69.1 Å². The smallest absolute Gasteiger partial charge is 0.386 e. The molecule has 1 aliphatic rings. The van der Waals surface area contributed by atoms with Crippen LogP contribution in [-0.2, 0) is 50.7 Å². The van der Waals surface area contributed by atoms with Gasteiger partial charge in [0.2, 0.25) is 11.8 Å². The molecule has 1 fully saturated rings. The summed E-state index contributed by atoms with van der Waals surface area (Å²) in [4.78, 5) is 88.7. The first-order valence-corrected chi connectivity index (χ1v) is 30.5. The van der Waals surface area contributed by atoms with Crippen molar-refractivity contribution in [3.63, 3.8) is 0 Å². The Balaban J connectivity index is 1.25. The number of nitrogens with one attached hydrogen (secondary N) is 2. The summed E-state index contributed by atoms with van der Waals surface area (Å²) in [5, 5.41) is 26.7. The molecule has 1 aliphatic heterocycles. The molecule has 10 N–H and O–H groups in total. The van der Waals surface area contributed by atoms with Gasteiger partial charge in [-0.1, -0.05) is 149 Å². The normalized spacial score (nSPS) is 20.0. The van der Waals surface area contributed by atoms with Crippen molar-refractivity contribution in [1.29, 1.82) is 0 Å². The lowest BCUT2D eigenvalue weighted by Crippen LogP contribution is -2.46. The predicted octanol–water partition coefficient (Wildman–Crippen LogP) is 6.73. The number of amides is 2. The number of aliphatic hydroxyl groups is 2. The molecular weight excluding hydrogens is 1020 g/mol. The number of fused-ring (bicyclic) bond motifs is 1. The number of aromatic nitrogens is 4. The molecule has 0 spiro atoms. The van der Waals surface area contributed by atoms with Crippen LogP contribution in [0.2, 0.25) is 0 Å². The number of imidazole rings is 1. The summed E-state index contributed by atoms with van der Waals surface area (Å²) in [6, 6.07) is 0. The van der Waals surface area contributed by atoms with E-state index in [0.29, 0.717) is 18.1 Å². The second kappa shape index (κ2) is 32.2. The highest BCUT2D eigenvalue weighted by molar-refractivity contribution is 8.13. The largest absolute Gasteiger partial charge is 0.481 e. The van der Waals surface area contributed by atoms with Crippen molar-refractivity contribution < 1.29 is 80.5 Å². The Kier molecular flexibility index (Phi) is 28.6. The van der Waals surface area contributed by atoms with Crippen LogP contribution in [0.25, 0.3) is 11.2 Å². The molecular formula is C44H80N7O17P3S. The fraction of sp³-hybridized carbons (Fsp3) is 0.818. The van der Waals surface area contributed by atoms with Gasteiger partial charge in [0.1, 0.15) is 36.3 Å². The number of hydrogen-bond acceptors (Lipinski definition) is 18. The van der Waals surface area contributed by atoms with Gasteiger partial charge in [-0.05, 0) is 12.3 Å². The van der Waals surface area contributed by atoms with Gasteiger partial charge in [-0.3, -0.25) is 32.5 Å². The molecule has 3 rings (SSSR count). The van der Waals surface area contributed by atoms with E-state index in [9.17, 15) is 57.9 Å². The Labute approximate surface area is 426 Å². The molecule has 0 radical (unpaired) electrons. The monoisotopic (exact) mass is 1100 g/mol. The second-order valence-corrected chi connectivity index (χ2v) is 24.4. The number of carbonyl (C=O) groups excluding carboxylic acids is 3. The zero-order chi connectivity index (χ0) is 53.4. The third kappa shape index (κ3) is 24.5. The Hall–Kier alpha value is -2.44. The van der Waals surface area contributed by atoms with Gasteiger partial charge < -0.3 is 50.9 Å². The van der Waals surface area contributed by atoms with Crippen LogP contribution in [-0.4, -0.2) is 123 Å². The van der Waals surface area contributed by atoms with Gasteiger partial charge in [0, 0.05) is 37.1 Å². The van der Waals surface area contributed by atoms with E-state index >= 15 is 0 Å². The molecule has 2 aromatic heterocycles. The fourth-order valence-corrected chi connectivity index (χ4v) is 11.5. The molecule has 3 heterocycles. The van der Waals surface area contributed by atoms with E-state index in [2.05, 4.69) is 48.3 Å². The van der Waals surface area contributed by atoms with Crippen LogP contribution in [0.1, 0.15) is 162 Å². The Morgan fingerprint density at radius 2 is 1.42 bits per heavy atom. The minimum atomic E-state index is -5.58. The summed E-state index contributed by atoms with van der Waals surface area (Å²) in [6.07, 6.45) is 16.7. The van der Waals surface area contributed by atoms with Gasteiger partial charge in [0.15, 0.2) is 22.8 Å². The summed E-state index contributed by atoms with van der Waals surface area (Å²) in [5.74, 6) is -0.320. The maximum absolute atomic E-state index is 12.8. The van der Waals surface area contributed by atoms with E-state index in [0.717, 1.165) is 48.2 Å². The second-order valence-electron chi connectivity index (χ2n) is 19.0.